The van der Waals surface area contributed by atoms with E-state index in [2.05, 4.69) is 4.72 Å². The van der Waals surface area contributed by atoms with Crippen molar-refractivity contribution in [2.45, 2.75) is 31.2 Å². The highest BCUT2D eigenvalue weighted by Gasteiger charge is 2.20. The Kier molecular flexibility index (Phi) is 5.01. The second-order valence-corrected chi connectivity index (χ2v) is 8.23. The van der Waals surface area contributed by atoms with Crippen molar-refractivity contribution in [3.63, 3.8) is 0 Å². The monoisotopic (exact) mass is 378 g/mol. The van der Waals surface area contributed by atoms with Crippen molar-refractivity contribution < 1.29 is 13.2 Å². The number of nitrogens with zero attached hydrogens (tertiary/aromatic N) is 1. The summed E-state index contributed by atoms with van der Waals surface area (Å²) >= 11 is 6.03. The minimum atomic E-state index is -3.72. The lowest BCUT2D eigenvalue weighted by molar-refractivity contribution is -0.128. The van der Waals surface area contributed by atoms with Crippen molar-refractivity contribution >= 4 is 33.2 Å². The van der Waals surface area contributed by atoms with Gasteiger partial charge in [-0.1, -0.05) is 29.8 Å². The van der Waals surface area contributed by atoms with Gasteiger partial charge in [-0.05, 0) is 48.7 Å². The highest BCUT2D eigenvalue weighted by molar-refractivity contribution is 7.92. The SMILES string of the molecule is Cc1ccc(S(=O)(=O)Nc2cccc(CN3CCCC3=O)c2)cc1Cl. The largest absolute Gasteiger partial charge is 0.338 e. The number of hydrogen-bond donors (Lipinski definition) is 1. The number of halogens is 1. The Balaban J connectivity index is 1.78. The van der Waals surface area contributed by atoms with Crippen LogP contribution in [0.15, 0.2) is 47.4 Å². The van der Waals surface area contributed by atoms with E-state index in [1.165, 1.54) is 12.1 Å². The van der Waals surface area contributed by atoms with E-state index < -0.39 is 10.0 Å². The van der Waals surface area contributed by atoms with Crippen LogP contribution in [0.2, 0.25) is 5.02 Å². The van der Waals surface area contributed by atoms with Gasteiger partial charge in [0, 0.05) is 30.2 Å². The van der Waals surface area contributed by atoms with E-state index in [9.17, 15) is 13.2 Å². The molecule has 0 radical (unpaired) electrons. The van der Waals surface area contributed by atoms with Crippen LogP contribution in [0.1, 0.15) is 24.0 Å². The first-order chi connectivity index (χ1) is 11.8. The third-order valence-electron chi connectivity index (χ3n) is 4.18. The molecular formula is C18H19ClN2O3S. The molecule has 0 aromatic heterocycles. The average molecular weight is 379 g/mol. The van der Waals surface area contributed by atoms with E-state index in [0.29, 0.717) is 23.7 Å². The van der Waals surface area contributed by atoms with Crippen LogP contribution in [0.25, 0.3) is 0 Å². The summed E-state index contributed by atoms with van der Waals surface area (Å²) in [6.45, 7) is 3.05. The molecule has 1 saturated heterocycles. The minimum absolute atomic E-state index is 0.114. The number of carbonyl (C=O) groups excluding carboxylic acids is 1. The van der Waals surface area contributed by atoms with Crippen LogP contribution in [-0.2, 0) is 21.4 Å². The highest BCUT2D eigenvalue weighted by atomic mass is 35.5. The normalized spacial score (nSPS) is 14.8. The quantitative estimate of drug-likeness (QED) is 0.864. The molecular weight excluding hydrogens is 360 g/mol. The van der Waals surface area contributed by atoms with E-state index in [4.69, 9.17) is 11.6 Å². The summed E-state index contributed by atoms with van der Waals surface area (Å²) in [6.07, 6.45) is 1.46. The maximum atomic E-state index is 12.5. The van der Waals surface area contributed by atoms with Gasteiger partial charge in [0.1, 0.15) is 0 Å². The van der Waals surface area contributed by atoms with Crippen LogP contribution in [0, 0.1) is 6.92 Å². The predicted molar refractivity (Wildman–Crippen MR) is 98.1 cm³/mol. The maximum Gasteiger partial charge on any atom is 0.261 e. The summed E-state index contributed by atoms with van der Waals surface area (Å²) in [7, 11) is -3.72. The van der Waals surface area contributed by atoms with Crippen molar-refractivity contribution in [2.75, 3.05) is 11.3 Å². The van der Waals surface area contributed by atoms with Gasteiger partial charge in [0.2, 0.25) is 5.91 Å². The van der Waals surface area contributed by atoms with Gasteiger partial charge >= 0.3 is 0 Å². The highest BCUT2D eigenvalue weighted by Crippen LogP contribution is 2.23. The third kappa shape index (κ3) is 4.14. The van der Waals surface area contributed by atoms with Gasteiger partial charge in [0.25, 0.3) is 10.0 Å². The molecule has 5 nitrogen and oxygen atoms in total. The van der Waals surface area contributed by atoms with Crippen molar-refractivity contribution in [2.24, 2.45) is 0 Å². The first-order valence-corrected chi connectivity index (χ1v) is 9.87. The fraction of sp³-hybridized carbons (Fsp3) is 0.278. The lowest BCUT2D eigenvalue weighted by atomic mass is 10.2. The number of sulfonamides is 1. The standard InChI is InChI=1S/C18H19ClN2O3S/c1-13-7-8-16(11-17(13)19)25(23,24)20-15-5-2-4-14(10-15)12-21-9-3-6-18(21)22/h2,4-5,7-8,10-11,20H,3,6,9,12H2,1H3. The summed E-state index contributed by atoms with van der Waals surface area (Å²) in [4.78, 5) is 13.6. The van der Waals surface area contributed by atoms with Gasteiger partial charge in [0.05, 0.1) is 4.90 Å². The number of aryl methyl sites for hydroxylation is 1. The average Bonchev–Trinajstić information content (AvgIpc) is 2.95. The molecule has 0 saturated carbocycles. The van der Waals surface area contributed by atoms with Crippen LogP contribution in [-0.4, -0.2) is 25.8 Å². The molecule has 1 aliphatic rings. The smallest absolute Gasteiger partial charge is 0.261 e. The zero-order valence-electron chi connectivity index (χ0n) is 13.8. The fourth-order valence-corrected chi connectivity index (χ4v) is 4.10. The number of benzene rings is 2. The van der Waals surface area contributed by atoms with Crippen LogP contribution in [0.5, 0.6) is 0 Å². The number of amides is 1. The van der Waals surface area contributed by atoms with Crippen LogP contribution < -0.4 is 4.72 Å². The molecule has 1 amide bonds. The number of rotatable bonds is 5. The number of anilines is 1. The molecule has 0 spiro atoms. The molecule has 1 aliphatic heterocycles. The van der Waals surface area contributed by atoms with E-state index in [0.717, 1.165) is 24.1 Å². The number of likely N-dealkylation sites (tertiary alicyclic amines) is 1. The molecule has 1 fully saturated rings. The number of nitrogens with one attached hydrogen (secondary N) is 1. The summed E-state index contributed by atoms with van der Waals surface area (Å²) < 4.78 is 27.6. The molecule has 0 bridgehead atoms. The van der Waals surface area contributed by atoms with Gasteiger partial charge in [-0.25, -0.2) is 8.42 Å². The Bertz CT molecular complexity index is 912. The molecule has 1 heterocycles. The van der Waals surface area contributed by atoms with Gasteiger partial charge in [-0.3, -0.25) is 9.52 Å². The zero-order valence-corrected chi connectivity index (χ0v) is 15.4. The van der Waals surface area contributed by atoms with E-state index in [1.54, 1.807) is 29.2 Å². The molecule has 25 heavy (non-hydrogen) atoms. The summed E-state index contributed by atoms with van der Waals surface area (Å²) in [6, 6.07) is 11.7. The van der Waals surface area contributed by atoms with E-state index in [1.807, 2.05) is 13.0 Å². The summed E-state index contributed by atoms with van der Waals surface area (Å²) in [5.74, 6) is 0.139. The first kappa shape index (κ1) is 17.8. The van der Waals surface area contributed by atoms with Crippen molar-refractivity contribution in [1.82, 2.24) is 4.90 Å². The van der Waals surface area contributed by atoms with E-state index in [-0.39, 0.29) is 10.8 Å². The van der Waals surface area contributed by atoms with Gasteiger partial charge in [-0.2, -0.15) is 0 Å². The molecule has 7 heteroatoms. The number of carbonyl (C=O) groups is 1. The maximum absolute atomic E-state index is 12.5. The minimum Gasteiger partial charge on any atom is -0.338 e. The molecule has 3 rings (SSSR count). The van der Waals surface area contributed by atoms with Gasteiger partial charge in [0.15, 0.2) is 0 Å². The molecule has 0 aliphatic carbocycles. The zero-order chi connectivity index (χ0) is 18.0. The van der Waals surface area contributed by atoms with Crippen molar-refractivity contribution in [3.05, 3.63) is 58.6 Å². The lowest BCUT2D eigenvalue weighted by Crippen LogP contribution is -2.23. The fourth-order valence-electron chi connectivity index (χ4n) is 2.78. The van der Waals surface area contributed by atoms with Crippen LogP contribution in [0.4, 0.5) is 5.69 Å². The molecule has 2 aromatic carbocycles. The van der Waals surface area contributed by atoms with Gasteiger partial charge < -0.3 is 4.90 Å². The Morgan fingerprint density at radius 3 is 2.68 bits per heavy atom. The Morgan fingerprint density at radius 2 is 2.00 bits per heavy atom. The Morgan fingerprint density at radius 1 is 1.20 bits per heavy atom. The van der Waals surface area contributed by atoms with Crippen molar-refractivity contribution in [3.8, 4) is 0 Å². The third-order valence-corrected chi connectivity index (χ3v) is 5.96. The van der Waals surface area contributed by atoms with Crippen LogP contribution >= 0.6 is 11.6 Å². The topological polar surface area (TPSA) is 66.5 Å². The Hall–Kier alpha value is -2.05. The van der Waals surface area contributed by atoms with Gasteiger partial charge in [-0.15, -0.1) is 0 Å². The second-order valence-electron chi connectivity index (χ2n) is 6.14. The van der Waals surface area contributed by atoms with Crippen molar-refractivity contribution in [1.29, 1.82) is 0 Å². The predicted octanol–water partition coefficient (Wildman–Crippen LogP) is 3.57. The molecule has 2 aromatic rings. The second kappa shape index (κ2) is 7.06. The molecule has 132 valence electrons. The summed E-state index contributed by atoms with van der Waals surface area (Å²) in [5, 5.41) is 0.407. The Labute approximate surface area is 152 Å². The molecule has 1 N–H and O–H groups in total. The first-order valence-electron chi connectivity index (χ1n) is 8.01. The number of hydrogen-bond acceptors (Lipinski definition) is 3. The molecule has 0 atom stereocenters. The molecule has 0 unspecified atom stereocenters. The van der Waals surface area contributed by atoms with Crippen LogP contribution in [0.3, 0.4) is 0 Å². The summed E-state index contributed by atoms with van der Waals surface area (Å²) in [5.41, 5.74) is 2.16. The van der Waals surface area contributed by atoms with E-state index >= 15 is 0 Å². The lowest BCUT2D eigenvalue weighted by Gasteiger charge is -2.16.